The van der Waals surface area contributed by atoms with Crippen molar-refractivity contribution in [1.29, 1.82) is 0 Å². The molecule has 1 saturated heterocycles. The van der Waals surface area contributed by atoms with Gasteiger partial charge < -0.3 is 4.90 Å². The minimum absolute atomic E-state index is 0.0973. The van der Waals surface area contributed by atoms with Gasteiger partial charge in [0.05, 0.1) is 6.04 Å². The van der Waals surface area contributed by atoms with E-state index in [2.05, 4.69) is 30.2 Å². The van der Waals surface area contributed by atoms with Crippen LogP contribution >= 0.6 is 0 Å². The minimum Gasteiger partial charge on any atom is -0.330 e. The van der Waals surface area contributed by atoms with Crippen LogP contribution < -0.4 is 0 Å². The topological polar surface area (TPSA) is 38.1 Å². The molecule has 1 amide bonds. The van der Waals surface area contributed by atoms with Crippen molar-refractivity contribution in [3.05, 3.63) is 53.3 Å². The number of rotatable bonds is 3. The molecule has 2 aromatic rings. The summed E-state index contributed by atoms with van der Waals surface area (Å²) < 4.78 is 1.77. The van der Waals surface area contributed by atoms with Crippen molar-refractivity contribution in [1.82, 2.24) is 14.7 Å². The van der Waals surface area contributed by atoms with Crippen LogP contribution in [-0.2, 0) is 6.54 Å². The van der Waals surface area contributed by atoms with E-state index in [0.29, 0.717) is 5.69 Å². The van der Waals surface area contributed by atoms with Gasteiger partial charge in [0.2, 0.25) is 0 Å². The number of carbonyl (C=O) groups excluding carboxylic acids is 1. The molecular weight excluding hydrogens is 262 g/mol. The predicted molar refractivity (Wildman–Crippen MR) is 82.1 cm³/mol. The quantitative estimate of drug-likeness (QED) is 0.867. The normalized spacial score (nSPS) is 18.2. The van der Waals surface area contributed by atoms with E-state index in [1.807, 2.05) is 24.0 Å². The third kappa shape index (κ3) is 2.46. The molecule has 0 unspecified atom stereocenters. The maximum absolute atomic E-state index is 12.8. The smallest absolute Gasteiger partial charge is 0.272 e. The Bertz CT molecular complexity index is 647. The fourth-order valence-corrected chi connectivity index (χ4v) is 3.21. The Morgan fingerprint density at radius 3 is 2.90 bits per heavy atom. The van der Waals surface area contributed by atoms with Gasteiger partial charge in [0.15, 0.2) is 0 Å². The van der Waals surface area contributed by atoms with E-state index >= 15 is 0 Å². The predicted octanol–water partition coefficient (Wildman–Crippen LogP) is 3.19. The molecule has 0 saturated carbocycles. The summed E-state index contributed by atoms with van der Waals surface area (Å²) in [6, 6.07) is 10.4. The molecule has 1 aliphatic heterocycles. The number of hydrogen-bond acceptors (Lipinski definition) is 2. The van der Waals surface area contributed by atoms with E-state index in [9.17, 15) is 4.79 Å². The summed E-state index contributed by atoms with van der Waals surface area (Å²) in [4.78, 5) is 14.9. The van der Waals surface area contributed by atoms with Crippen LogP contribution in [0.15, 0.2) is 36.5 Å². The summed E-state index contributed by atoms with van der Waals surface area (Å²) >= 11 is 0. The van der Waals surface area contributed by atoms with Crippen LogP contribution in [0.4, 0.5) is 0 Å². The van der Waals surface area contributed by atoms with Crippen molar-refractivity contribution in [2.24, 2.45) is 0 Å². The van der Waals surface area contributed by atoms with Gasteiger partial charge >= 0.3 is 0 Å². The monoisotopic (exact) mass is 283 g/mol. The van der Waals surface area contributed by atoms with Crippen molar-refractivity contribution in [2.75, 3.05) is 6.54 Å². The second-order valence-corrected chi connectivity index (χ2v) is 5.55. The highest BCUT2D eigenvalue weighted by atomic mass is 16.2. The Morgan fingerprint density at radius 1 is 1.33 bits per heavy atom. The first-order chi connectivity index (χ1) is 10.2. The summed E-state index contributed by atoms with van der Waals surface area (Å²) in [6.45, 7) is 5.67. The maximum atomic E-state index is 12.8. The molecule has 0 spiro atoms. The number of carbonyl (C=O) groups is 1. The zero-order valence-corrected chi connectivity index (χ0v) is 12.6. The molecule has 4 nitrogen and oxygen atoms in total. The van der Waals surface area contributed by atoms with Gasteiger partial charge in [-0.1, -0.05) is 24.3 Å². The SMILES string of the molecule is CCn1nccc1C(=O)N1CCC[C@H]1c1ccccc1C. The Morgan fingerprint density at radius 2 is 2.14 bits per heavy atom. The average Bonchev–Trinajstić information content (AvgIpc) is 3.16. The van der Waals surface area contributed by atoms with Gasteiger partial charge in [-0.3, -0.25) is 9.48 Å². The summed E-state index contributed by atoms with van der Waals surface area (Å²) in [5.74, 6) is 0.0973. The standard InChI is InChI=1S/C17H21N3O/c1-3-20-16(10-11-18-20)17(21)19-12-6-9-15(19)14-8-5-4-7-13(14)2/h4-5,7-8,10-11,15H,3,6,9,12H2,1-2H3/t15-/m0/s1. The third-order valence-electron chi connectivity index (χ3n) is 4.30. The van der Waals surface area contributed by atoms with E-state index in [1.165, 1.54) is 11.1 Å². The van der Waals surface area contributed by atoms with E-state index in [1.54, 1.807) is 10.9 Å². The van der Waals surface area contributed by atoms with Crippen LogP contribution in [0.3, 0.4) is 0 Å². The van der Waals surface area contributed by atoms with Crippen molar-refractivity contribution in [3.63, 3.8) is 0 Å². The zero-order chi connectivity index (χ0) is 14.8. The maximum Gasteiger partial charge on any atom is 0.272 e. The van der Waals surface area contributed by atoms with Gasteiger partial charge in [-0.15, -0.1) is 0 Å². The van der Waals surface area contributed by atoms with Crippen molar-refractivity contribution >= 4 is 5.91 Å². The molecule has 0 N–H and O–H groups in total. The van der Waals surface area contributed by atoms with Gasteiger partial charge in [-0.25, -0.2) is 0 Å². The lowest BCUT2D eigenvalue weighted by atomic mass is 9.99. The molecule has 1 fully saturated rings. The summed E-state index contributed by atoms with van der Waals surface area (Å²) in [7, 11) is 0. The Kier molecular flexibility index (Phi) is 3.78. The van der Waals surface area contributed by atoms with Gasteiger partial charge in [0.1, 0.15) is 5.69 Å². The van der Waals surface area contributed by atoms with E-state index in [0.717, 1.165) is 25.9 Å². The minimum atomic E-state index is 0.0973. The lowest BCUT2D eigenvalue weighted by molar-refractivity contribution is 0.0722. The van der Waals surface area contributed by atoms with Crippen LogP contribution in [0, 0.1) is 6.92 Å². The zero-order valence-electron chi connectivity index (χ0n) is 12.6. The number of benzene rings is 1. The molecule has 1 aromatic carbocycles. The molecule has 0 radical (unpaired) electrons. The molecular formula is C17H21N3O. The first-order valence-electron chi connectivity index (χ1n) is 7.60. The number of amides is 1. The van der Waals surface area contributed by atoms with Crippen LogP contribution in [-0.4, -0.2) is 27.1 Å². The van der Waals surface area contributed by atoms with Crippen molar-refractivity contribution in [3.8, 4) is 0 Å². The highest BCUT2D eigenvalue weighted by Crippen LogP contribution is 2.34. The molecule has 0 bridgehead atoms. The number of likely N-dealkylation sites (tertiary alicyclic amines) is 1. The summed E-state index contributed by atoms with van der Waals surface area (Å²) in [6.07, 6.45) is 3.80. The van der Waals surface area contributed by atoms with Gasteiger partial charge in [-0.2, -0.15) is 5.10 Å². The summed E-state index contributed by atoms with van der Waals surface area (Å²) in [5.41, 5.74) is 3.22. The van der Waals surface area contributed by atoms with E-state index in [4.69, 9.17) is 0 Å². The fraction of sp³-hybridized carbons (Fsp3) is 0.412. The molecule has 1 aliphatic rings. The average molecular weight is 283 g/mol. The fourth-order valence-electron chi connectivity index (χ4n) is 3.21. The molecule has 110 valence electrons. The summed E-state index contributed by atoms with van der Waals surface area (Å²) in [5, 5.41) is 4.21. The van der Waals surface area contributed by atoms with Crippen molar-refractivity contribution in [2.45, 2.75) is 39.3 Å². The second kappa shape index (κ2) is 5.72. The molecule has 0 aliphatic carbocycles. The molecule has 4 heteroatoms. The van der Waals surface area contributed by atoms with Gasteiger partial charge in [-0.05, 0) is 43.9 Å². The van der Waals surface area contributed by atoms with E-state index < -0.39 is 0 Å². The lowest BCUT2D eigenvalue weighted by Gasteiger charge is -2.26. The Balaban J connectivity index is 1.91. The van der Waals surface area contributed by atoms with Gasteiger partial charge in [0.25, 0.3) is 5.91 Å². The molecule has 1 aromatic heterocycles. The number of aryl methyl sites for hydroxylation is 2. The van der Waals surface area contributed by atoms with E-state index in [-0.39, 0.29) is 11.9 Å². The van der Waals surface area contributed by atoms with Crippen LogP contribution in [0.25, 0.3) is 0 Å². The molecule has 21 heavy (non-hydrogen) atoms. The highest BCUT2D eigenvalue weighted by Gasteiger charge is 2.32. The number of hydrogen-bond donors (Lipinski definition) is 0. The number of nitrogens with zero attached hydrogens (tertiary/aromatic N) is 3. The largest absolute Gasteiger partial charge is 0.330 e. The molecule has 3 rings (SSSR count). The Hall–Kier alpha value is -2.10. The Labute approximate surface area is 125 Å². The first kappa shape index (κ1) is 13.9. The molecule has 1 atom stereocenters. The highest BCUT2D eigenvalue weighted by molar-refractivity contribution is 5.93. The van der Waals surface area contributed by atoms with Crippen LogP contribution in [0.5, 0.6) is 0 Å². The second-order valence-electron chi connectivity index (χ2n) is 5.55. The van der Waals surface area contributed by atoms with Gasteiger partial charge in [0, 0.05) is 19.3 Å². The number of aromatic nitrogens is 2. The van der Waals surface area contributed by atoms with Crippen molar-refractivity contribution < 1.29 is 4.79 Å². The third-order valence-corrected chi connectivity index (χ3v) is 4.30. The molecule has 2 heterocycles. The lowest BCUT2D eigenvalue weighted by Crippen LogP contribution is -2.32. The van der Waals surface area contributed by atoms with Crippen LogP contribution in [0.2, 0.25) is 0 Å². The first-order valence-corrected chi connectivity index (χ1v) is 7.60. The van der Waals surface area contributed by atoms with Crippen LogP contribution in [0.1, 0.15) is 47.4 Å².